The fraction of sp³-hybridized carbons (Fsp3) is 0.333. The Balaban J connectivity index is 2.07. The average Bonchev–Trinajstić information content (AvgIpc) is 2.93. The molecule has 140 valence electrons. The van der Waals surface area contributed by atoms with Gasteiger partial charge in [-0.25, -0.2) is 0 Å². The van der Waals surface area contributed by atoms with E-state index in [1.54, 1.807) is 4.57 Å². The molecule has 0 fully saturated rings. The van der Waals surface area contributed by atoms with Crippen molar-refractivity contribution in [2.75, 3.05) is 11.1 Å². The second-order valence-electron chi connectivity index (χ2n) is 5.20. The zero-order valence-corrected chi connectivity index (χ0v) is 14.5. The number of halogens is 3. The standard InChI is InChI=1S/C15H16F3N5O2S/c1-2-23-12(21-22-14(23)26-8-11(19)24)7-13(25)20-10-5-3-4-9(6-10)15(16,17)18/h3-6H,2,7-8H2,1H3,(H2,19,24)(H,20,25). The lowest BCUT2D eigenvalue weighted by Gasteiger charge is -2.10. The van der Waals surface area contributed by atoms with E-state index in [9.17, 15) is 22.8 Å². The Morgan fingerprint density at radius 2 is 2.04 bits per heavy atom. The van der Waals surface area contributed by atoms with Gasteiger partial charge in [-0.1, -0.05) is 17.8 Å². The summed E-state index contributed by atoms with van der Waals surface area (Å²) in [5.41, 5.74) is 4.27. The summed E-state index contributed by atoms with van der Waals surface area (Å²) in [6, 6.07) is 4.36. The summed E-state index contributed by atoms with van der Waals surface area (Å²) in [5, 5.41) is 10.7. The van der Waals surface area contributed by atoms with E-state index >= 15 is 0 Å². The Kier molecular flexibility index (Phi) is 6.24. The van der Waals surface area contributed by atoms with E-state index in [0.29, 0.717) is 17.5 Å². The smallest absolute Gasteiger partial charge is 0.369 e. The second kappa shape index (κ2) is 8.21. The van der Waals surface area contributed by atoms with Crippen LogP contribution in [-0.4, -0.2) is 32.3 Å². The number of benzene rings is 1. The molecule has 0 atom stereocenters. The minimum atomic E-state index is -4.49. The number of hydrogen-bond donors (Lipinski definition) is 2. The Morgan fingerprint density at radius 3 is 2.65 bits per heavy atom. The molecule has 0 saturated carbocycles. The Bertz CT molecular complexity index is 807. The van der Waals surface area contributed by atoms with Crippen molar-refractivity contribution in [3.63, 3.8) is 0 Å². The van der Waals surface area contributed by atoms with Crippen molar-refractivity contribution in [1.82, 2.24) is 14.8 Å². The van der Waals surface area contributed by atoms with Crippen LogP contribution in [-0.2, 0) is 28.7 Å². The Labute approximate surface area is 151 Å². The van der Waals surface area contributed by atoms with Crippen molar-refractivity contribution in [3.05, 3.63) is 35.7 Å². The van der Waals surface area contributed by atoms with E-state index in [1.807, 2.05) is 6.92 Å². The highest BCUT2D eigenvalue weighted by atomic mass is 32.2. The van der Waals surface area contributed by atoms with Gasteiger partial charge in [-0.15, -0.1) is 10.2 Å². The van der Waals surface area contributed by atoms with Crippen molar-refractivity contribution in [3.8, 4) is 0 Å². The third kappa shape index (κ3) is 5.22. The lowest BCUT2D eigenvalue weighted by molar-refractivity contribution is -0.137. The predicted octanol–water partition coefficient (Wildman–Crippen LogP) is 2.08. The summed E-state index contributed by atoms with van der Waals surface area (Å²) >= 11 is 1.09. The highest BCUT2D eigenvalue weighted by Crippen LogP contribution is 2.30. The van der Waals surface area contributed by atoms with Gasteiger partial charge in [0, 0.05) is 12.2 Å². The number of nitrogens with one attached hydrogen (secondary N) is 1. The summed E-state index contributed by atoms with van der Waals surface area (Å²) in [6.07, 6.45) is -4.66. The third-order valence-electron chi connectivity index (χ3n) is 3.25. The molecule has 11 heteroatoms. The number of anilines is 1. The summed E-state index contributed by atoms with van der Waals surface area (Å²) in [4.78, 5) is 23.0. The van der Waals surface area contributed by atoms with Crippen LogP contribution in [0.4, 0.5) is 18.9 Å². The maximum atomic E-state index is 12.7. The van der Waals surface area contributed by atoms with Gasteiger partial charge >= 0.3 is 6.18 Å². The molecule has 1 aromatic carbocycles. The van der Waals surface area contributed by atoms with E-state index in [-0.39, 0.29) is 17.9 Å². The maximum Gasteiger partial charge on any atom is 0.416 e. The fourth-order valence-electron chi connectivity index (χ4n) is 2.13. The SMILES string of the molecule is CCn1c(CC(=O)Nc2cccc(C(F)(F)F)c2)nnc1SCC(N)=O. The number of hydrogen-bond acceptors (Lipinski definition) is 5. The van der Waals surface area contributed by atoms with Gasteiger partial charge in [-0.2, -0.15) is 13.2 Å². The number of amides is 2. The molecule has 7 nitrogen and oxygen atoms in total. The third-order valence-corrected chi connectivity index (χ3v) is 4.23. The van der Waals surface area contributed by atoms with E-state index in [4.69, 9.17) is 5.73 Å². The van der Waals surface area contributed by atoms with Crippen LogP contribution < -0.4 is 11.1 Å². The molecule has 0 bridgehead atoms. The molecular weight excluding hydrogens is 371 g/mol. The van der Waals surface area contributed by atoms with Crippen molar-refractivity contribution in [2.24, 2.45) is 5.73 Å². The summed E-state index contributed by atoms with van der Waals surface area (Å²) < 4.78 is 39.8. The molecule has 2 rings (SSSR count). The van der Waals surface area contributed by atoms with Gasteiger partial charge in [-0.05, 0) is 25.1 Å². The van der Waals surface area contributed by atoms with Gasteiger partial charge in [0.1, 0.15) is 5.82 Å². The number of primary amides is 1. The molecule has 2 aromatic rings. The van der Waals surface area contributed by atoms with Crippen LogP contribution >= 0.6 is 11.8 Å². The lowest BCUT2D eigenvalue weighted by atomic mass is 10.2. The average molecular weight is 387 g/mol. The number of thioether (sulfide) groups is 1. The monoisotopic (exact) mass is 387 g/mol. The number of carbonyl (C=O) groups excluding carboxylic acids is 2. The molecule has 26 heavy (non-hydrogen) atoms. The topological polar surface area (TPSA) is 103 Å². The van der Waals surface area contributed by atoms with Gasteiger partial charge in [0.05, 0.1) is 17.7 Å². The van der Waals surface area contributed by atoms with Gasteiger partial charge in [0.25, 0.3) is 0 Å². The minimum absolute atomic E-state index is 0.0224. The predicted molar refractivity (Wildman–Crippen MR) is 89.4 cm³/mol. The molecule has 0 spiro atoms. The van der Waals surface area contributed by atoms with Crippen molar-refractivity contribution in [2.45, 2.75) is 31.2 Å². The van der Waals surface area contributed by atoms with Gasteiger partial charge in [0.15, 0.2) is 5.16 Å². The molecule has 2 amide bonds. The van der Waals surface area contributed by atoms with E-state index in [0.717, 1.165) is 23.9 Å². The molecule has 1 aromatic heterocycles. The number of rotatable bonds is 7. The first kappa shape index (κ1) is 19.8. The first-order valence-corrected chi connectivity index (χ1v) is 8.49. The van der Waals surface area contributed by atoms with E-state index in [2.05, 4.69) is 15.5 Å². The van der Waals surface area contributed by atoms with Crippen LogP contribution in [0.15, 0.2) is 29.4 Å². The van der Waals surface area contributed by atoms with Crippen LogP contribution in [0, 0.1) is 0 Å². The van der Waals surface area contributed by atoms with Crippen molar-refractivity contribution >= 4 is 29.3 Å². The van der Waals surface area contributed by atoms with Crippen molar-refractivity contribution in [1.29, 1.82) is 0 Å². The van der Waals surface area contributed by atoms with E-state index < -0.39 is 23.6 Å². The van der Waals surface area contributed by atoms with Crippen LogP contribution in [0.3, 0.4) is 0 Å². The summed E-state index contributed by atoms with van der Waals surface area (Å²) in [7, 11) is 0. The molecule has 0 aliphatic carbocycles. The van der Waals surface area contributed by atoms with Gasteiger partial charge < -0.3 is 15.6 Å². The minimum Gasteiger partial charge on any atom is -0.369 e. The molecule has 0 radical (unpaired) electrons. The molecule has 1 heterocycles. The number of nitrogens with two attached hydrogens (primary N) is 1. The normalized spacial score (nSPS) is 11.4. The van der Waals surface area contributed by atoms with E-state index in [1.165, 1.54) is 12.1 Å². The second-order valence-corrected chi connectivity index (χ2v) is 6.14. The zero-order chi connectivity index (χ0) is 19.3. The number of carbonyl (C=O) groups is 2. The Hall–Kier alpha value is -2.56. The molecule has 0 aliphatic rings. The first-order valence-electron chi connectivity index (χ1n) is 7.51. The quantitative estimate of drug-likeness (QED) is 0.708. The zero-order valence-electron chi connectivity index (χ0n) is 13.7. The van der Waals surface area contributed by atoms with Crippen LogP contribution in [0.5, 0.6) is 0 Å². The Morgan fingerprint density at radius 1 is 1.31 bits per heavy atom. The van der Waals surface area contributed by atoms with Gasteiger partial charge in [-0.3, -0.25) is 9.59 Å². The van der Waals surface area contributed by atoms with Crippen LogP contribution in [0.1, 0.15) is 18.3 Å². The first-order chi connectivity index (χ1) is 12.2. The van der Waals surface area contributed by atoms with Crippen LogP contribution in [0.2, 0.25) is 0 Å². The summed E-state index contributed by atoms with van der Waals surface area (Å²) in [6.45, 7) is 2.27. The molecule has 3 N–H and O–H groups in total. The molecule has 0 aliphatic heterocycles. The number of aromatic nitrogens is 3. The van der Waals surface area contributed by atoms with Crippen LogP contribution in [0.25, 0.3) is 0 Å². The maximum absolute atomic E-state index is 12.7. The molecule has 0 unspecified atom stereocenters. The lowest BCUT2D eigenvalue weighted by Crippen LogP contribution is -2.18. The number of alkyl halides is 3. The molecule has 0 saturated heterocycles. The highest BCUT2D eigenvalue weighted by Gasteiger charge is 2.30. The summed E-state index contributed by atoms with van der Waals surface area (Å²) in [5.74, 6) is -0.680. The highest BCUT2D eigenvalue weighted by molar-refractivity contribution is 7.99. The number of nitrogens with zero attached hydrogens (tertiary/aromatic N) is 3. The van der Waals surface area contributed by atoms with Gasteiger partial charge in [0.2, 0.25) is 11.8 Å². The molecular formula is C15H16F3N5O2S. The fourth-order valence-corrected chi connectivity index (χ4v) is 2.89. The van der Waals surface area contributed by atoms with Crippen molar-refractivity contribution < 1.29 is 22.8 Å². The largest absolute Gasteiger partial charge is 0.416 e.